The van der Waals surface area contributed by atoms with Gasteiger partial charge in [-0.3, -0.25) is 4.79 Å². The van der Waals surface area contributed by atoms with Gasteiger partial charge in [0.25, 0.3) is 0 Å². The standard InChI is InChI=1S/C15H19NO4/c1-15(8-4-5-9-15)14(19)16-11-6-2-3-7-12(11)20-10-13(17)18/h2-3,6-7H,4-5,8-10H2,1H3,(H,16,19)(H,17,18). The highest BCUT2D eigenvalue weighted by molar-refractivity contribution is 5.96. The zero-order valence-corrected chi connectivity index (χ0v) is 11.5. The van der Waals surface area contributed by atoms with E-state index in [0.29, 0.717) is 11.4 Å². The number of rotatable bonds is 5. The molecule has 1 amide bonds. The molecule has 0 spiro atoms. The van der Waals surface area contributed by atoms with E-state index in [0.717, 1.165) is 25.7 Å². The van der Waals surface area contributed by atoms with E-state index in [4.69, 9.17) is 9.84 Å². The topological polar surface area (TPSA) is 75.6 Å². The monoisotopic (exact) mass is 277 g/mol. The predicted molar refractivity (Wildman–Crippen MR) is 74.8 cm³/mol. The summed E-state index contributed by atoms with van der Waals surface area (Å²) in [6.45, 7) is 1.54. The largest absolute Gasteiger partial charge is 0.480 e. The minimum Gasteiger partial charge on any atom is -0.480 e. The Kier molecular flexibility index (Phi) is 4.27. The molecule has 0 radical (unpaired) electrons. The Labute approximate surface area is 117 Å². The van der Waals surface area contributed by atoms with E-state index < -0.39 is 12.6 Å². The molecule has 0 atom stereocenters. The van der Waals surface area contributed by atoms with Crippen LogP contribution in [0.5, 0.6) is 5.75 Å². The molecule has 0 aromatic heterocycles. The quantitative estimate of drug-likeness (QED) is 0.867. The summed E-state index contributed by atoms with van der Waals surface area (Å²) in [5.74, 6) is -0.694. The van der Waals surface area contributed by atoms with Crippen LogP contribution in [0.25, 0.3) is 0 Å². The van der Waals surface area contributed by atoms with Crippen molar-refractivity contribution in [2.45, 2.75) is 32.6 Å². The SMILES string of the molecule is CC1(C(=O)Nc2ccccc2OCC(=O)O)CCCC1. The van der Waals surface area contributed by atoms with Crippen LogP contribution in [0.4, 0.5) is 5.69 Å². The molecule has 20 heavy (non-hydrogen) atoms. The fourth-order valence-electron chi connectivity index (χ4n) is 2.49. The second-order valence-corrected chi connectivity index (χ2v) is 5.40. The number of benzene rings is 1. The van der Waals surface area contributed by atoms with E-state index in [9.17, 15) is 9.59 Å². The van der Waals surface area contributed by atoms with Crippen LogP contribution in [-0.2, 0) is 9.59 Å². The maximum Gasteiger partial charge on any atom is 0.341 e. The van der Waals surface area contributed by atoms with E-state index in [1.807, 2.05) is 6.92 Å². The summed E-state index contributed by atoms with van der Waals surface area (Å²) in [7, 11) is 0. The van der Waals surface area contributed by atoms with Crippen molar-refractivity contribution in [1.29, 1.82) is 0 Å². The number of carbonyl (C=O) groups is 2. The number of nitrogens with one attached hydrogen (secondary N) is 1. The van der Waals surface area contributed by atoms with Gasteiger partial charge >= 0.3 is 5.97 Å². The smallest absolute Gasteiger partial charge is 0.341 e. The Morgan fingerprint density at radius 3 is 2.60 bits per heavy atom. The summed E-state index contributed by atoms with van der Waals surface area (Å²) in [5, 5.41) is 11.5. The van der Waals surface area contributed by atoms with Crippen molar-refractivity contribution in [2.75, 3.05) is 11.9 Å². The van der Waals surface area contributed by atoms with Gasteiger partial charge in [-0.25, -0.2) is 4.79 Å². The molecule has 0 saturated heterocycles. The van der Waals surface area contributed by atoms with Gasteiger partial charge in [0.05, 0.1) is 5.69 Å². The molecule has 1 aromatic rings. The first-order valence-corrected chi connectivity index (χ1v) is 6.76. The van der Waals surface area contributed by atoms with E-state index in [1.54, 1.807) is 24.3 Å². The lowest BCUT2D eigenvalue weighted by molar-refractivity contribution is -0.139. The third-order valence-electron chi connectivity index (χ3n) is 3.74. The molecule has 1 aromatic carbocycles. The van der Waals surface area contributed by atoms with Gasteiger partial charge in [0.2, 0.25) is 5.91 Å². The number of hydrogen-bond donors (Lipinski definition) is 2. The Balaban J connectivity index is 2.08. The number of carboxylic acid groups (broad SMARTS) is 1. The highest BCUT2D eigenvalue weighted by Gasteiger charge is 2.36. The summed E-state index contributed by atoms with van der Waals surface area (Å²) < 4.78 is 5.18. The maximum atomic E-state index is 12.3. The number of carboxylic acids is 1. The number of hydrogen-bond acceptors (Lipinski definition) is 3. The normalized spacial score (nSPS) is 16.6. The fraction of sp³-hybridized carbons (Fsp3) is 0.467. The third-order valence-corrected chi connectivity index (χ3v) is 3.74. The van der Waals surface area contributed by atoms with Crippen molar-refractivity contribution in [2.24, 2.45) is 5.41 Å². The lowest BCUT2D eigenvalue weighted by Gasteiger charge is -2.23. The van der Waals surface area contributed by atoms with E-state index in [2.05, 4.69) is 5.32 Å². The van der Waals surface area contributed by atoms with Gasteiger partial charge in [0, 0.05) is 5.41 Å². The maximum absolute atomic E-state index is 12.3. The summed E-state index contributed by atoms with van der Waals surface area (Å²) >= 11 is 0. The van der Waals surface area contributed by atoms with Crippen molar-refractivity contribution < 1.29 is 19.4 Å². The van der Waals surface area contributed by atoms with Gasteiger partial charge in [0.15, 0.2) is 6.61 Å². The minimum absolute atomic E-state index is 0.0265. The Hall–Kier alpha value is -2.04. The molecule has 108 valence electrons. The van der Waals surface area contributed by atoms with Gasteiger partial charge in [0.1, 0.15) is 5.75 Å². The first-order valence-electron chi connectivity index (χ1n) is 6.76. The van der Waals surface area contributed by atoms with E-state index in [-0.39, 0.29) is 11.3 Å². The highest BCUT2D eigenvalue weighted by Crippen LogP contribution is 2.39. The number of anilines is 1. The fourth-order valence-corrected chi connectivity index (χ4v) is 2.49. The van der Waals surface area contributed by atoms with Crippen LogP contribution in [0.15, 0.2) is 24.3 Å². The van der Waals surface area contributed by atoms with Crippen molar-refractivity contribution >= 4 is 17.6 Å². The second kappa shape index (κ2) is 5.94. The third kappa shape index (κ3) is 3.29. The molecular weight excluding hydrogens is 258 g/mol. The Morgan fingerprint density at radius 2 is 1.95 bits per heavy atom. The van der Waals surface area contributed by atoms with Gasteiger partial charge < -0.3 is 15.2 Å². The van der Waals surface area contributed by atoms with E-state index >= 15 is 0 Å². The van der Waals surface area contributed by atoms with Crippen LogP contribution in [-0.4, -0.2) is 23.6 Å². The molecule has 1 aliphatic carbocycles. The molecule has 5 heteroatoms. The highest BCUT2D eigenvalue weighted by atomic mass is 16.5. The Morgan fingerprint density at radius 1 is 1.30 bits per heavy atom. The first-order chi connectivity index (χ1) is 9.51. The minimum atomic E-state index is -1.05. The van der Waals surface area contributed by atoms with Gasteiger partial charge in [-0.1, -0.05) is 31.9 Å². The molecule has 0 heterocycles. The summed E-state index contributed by atoms with van der Waals surface area (Å²) in [6.07, 6.45) is 3.91. The van der Waals surface area contributed by atoms with Gasteiger partial charge in [-0.05, 0) is 25.0 Å². The van der Waals surface area contributed by atoms with Gasteiger partial charge in [-0.15, -0.1) is 0 Å². The molecule has 0 bridgehead atoms. The average Bonchev–Trinajstić information content (AvgIpc) is 2.86. The molecular formula is C15H19NO4. The molecule has 1 aliphatic rings. The molecule has 1 saturated carbocycles. The molecule has 1 fully saturated rings. The summed E-state index contributed by atoms with van der Waals surface area (Å²) in [6, 6.07) is 6.88. The van der Waals surface area contributed by atoms with Crippen molar-refractivity contribution in [3.63, 3.8) is 0 Å². The number of carbonyl (C=O) groups excluding carboxylic acids is 1. The van der Waals surface area contributed by atoms with E-state index in [1.165, 1.54) is 0 Å². The lowest BCUT2D eigenvalue weighted by atomic mass is 9.88. The van der Waals surface area contributed by atoms with Crippen molar-refractivity contribution in [1.82, 2.24) is 0 Å². The summed E-state index contributed by atoms with van der Waals surface area (Å²) in [4.78, 5) is 22.9. The van der Waals surface area contributed by atoms with Crippen molar-refractivity contribution in [3.8, 4) is 5.75 Å². The lowest BCUT2D eigenvalue weighted by Crippen LogP contribution is -2.31. The molecule has 0 unspecified atom stereocenters. The zero-order chi connectivity index (χ0) is 14.6. The van der Waals surface area contributed by atoms with Gasteiger partial charge in [-0.2, -0.15) is 0 Å². The summed E-state index contributed by atoms with van der Waals surface area (Å²) in [5.41, 5.74) is 0.187. The number of ether oxygens (including phenoxy) is 1. The first kappa shape index (κ1) is 14.4. The molecule has 2 N–H and O–H groups in total. The van der Waals surface area contributed by atoms with Crippen LogP contribution in [0.2, 0.25) is 0 Å². The number of para-hydroxylation sites is 2. The van der Waals surface area contributed by atoms with Crippen LogP contribution in [0.3, 0.4) is 0 Å². The molecule has 5 nitrogen and oxygen atoms in total. The predicted octanol–water partition coefficient (Wildman–Crippen LogP) is 2.67. The average molecular weight is 277 g/mol. The number of amides is 1. The molecule has 2 rings (SSSR count). The van der Waals surface area contributed by atoms with Crippen LogP contribution in [0.1, 0.15) is 32.6 Å². The molecule has 0 aliphatic heterocycles. The van der Waals surface area contributed by atoms with Crippen LogP contribution in [0, 0.1) is 5.41 Å². The van der Waals surface area contributed by atoms with Crippen LogP contribution >= 0.6 is 0 Å². The number of aliphatic carboxylic acids is 1. The van der Waals surface area contributed by atoms with Crippen LogP contribution < -0.4 is 10.1 Å². The van der Waals surface area contributed by atoms with Crippen molar-refractivity contribution in [3.05, 3.63) is 24.3 Å². The zero-order valence-electron chi connectivity index (χ0n) is 11.5. The second-order valence-electron chi connectivity index (χ2n) is 5.40. The Bertz CT molecular complexity index is 506.